The molecule has 2 aliphatic rings. The van der Waals surface area contributed by atoms with Gasteiger partial charge in [-0.25, -0.2) is 9.97 Å². The third-order valence-electron chi connectivity index (χ3n) is 6.34. The summed E-state index contributed by atoms with van der Waals surface area (Å²) < 4.78 is 19.2. The highest BCUT2D eigenvalue weighted by Gasteiger charge is 2.47. The normalized spacial score (nSPS) is 16.2. The summed E-state index contributed by atoms with van der Waals surface area (Å²) in [5, 5.41) is 14.1. The first-order chi connectivity index (χ1) is 15.9. The minimum Gasteiger partial charge on any atom is -0.494 e. The molecule has 1 aromatic carbocycles. The fourth-order valence-corrected chi connectivity index (χ4v) is 4.79. The molecule has 0 unspecified atom stereocenters. The summed E-state index contributed by atoms with van der Waals surface area (Å²) in [6.07, 6.45) is 5.83. The third-order valence-corrected chi connectivity index (χ3v) is 6.34. The maximum Gasteiger partial charge on any atom is 0.307 e. The monoisotopic (exact) mass is 451 g/mol. The zero-order valence-corrected chi connectivity index (χ0v) is 18.2. The molecule has 0 radical (unpaired) electrons. The Bertz CT molecular complexity index is 1250. The summed E-state index contributed by atoms with van der Waals surface area (Å²) in [5.41, 5.74) is 2.53. The zero-order chi connectivity index (χ0) is 23.2. The van der Waals surface area contributed by atoms with E-state index in [0.29, 0.717) is 5.95 Å². The first kappa shape index (κ1) is 21.0. The maximum absolute atomic E-state index is 14.0. The number of methoxy groups -OCH3 is 1. The van der Waals surface area contributed by atoms with Crippen molar-refractivity contribution >= 4 is 29.0 Å². The molecule has 2 aromatic heterocycles. The summed E-state index contributed by atoms with van der Waals surface area (Å²) in [6, 6.07) is 6.04. The van der Waals surface area contributed by atoms with Crippen LogP contribution in [0.2, 0.25) is 0 Å². The molecule has 0 saturated heterocycles. The van der Waals surface area contributed by atoms with Gasteiger partial charge in [0.05, 0.1) is 29.1 Å². The fraction of sp³-hybridized carbons (Fsp3) is 0.364. The van der Waals surface area contributed by atoms with Gasteiger partial charge >= 0.3 is 5.69 Å². The lowest BCUT2D eigenvalue weighted by atomic mass is 9.84. The van der Waals surface area contributed by atoms with E-state index in [1.54, 1.807) is 0 Å². The number of rotatable bonds is 5. The van der Waals surface area contributed by atoms with Gasteiger partial charge in [-0.05, 0) is 31.9 Å². The summed E-state index contributed by atoms with van der Waals surface area (Å²) in [4.78, 5) is 30.3. The molecule has 3 heterocycles. The second-order valence-corrected chi connectivity index (χ2v) is 8.39. The third kappa shape index (κ3) is 3.59. The first-order valence-corrected chi connectivity index (χ1v) is 10.6. The molecule has 10 nitrogen and oxygen atoms in total. The number of nitrogens with zero attached hydrogens (tertiary/aromatic N) is 6. The van der Waals surface area contributed by atoms with Gasteiger partial charge in [0.2, 0.25) is 17.7 Å². The van der Waals surface area contributed by atoms with E-state index in [1.807, 2.05) is 24.0 Å². The molecular weight excluding hydrogens is 429 g/mol. The second-order valence-electron chi connectivity index (χ2n) is 8.39. The molecule has 0 atom stereocenters. The Kier molecular flexibility index (Phi) is 5.03. The van der Waals surface area contributed by atoms with Gasteiger partial charge < -0.3 is 15.0 Å². The maximum atomic E-state index is 14.0. The van der Waals surface area contributed by atoms with Gasteiger partial charge in [0.15, 0.2) is 0 Å². The largest absolute Gasteiger partial charge is 0.494 e. The molecule has 0 amide bonds. The number of aromatic nitrogens is 4. The van der Waals surface area contributed by atoms with Crippen molar-refractivity contribution in [2.75, 3.05) is 23.9 Å². The van der Waals surface area contributed by atoms with E-state index in [4.69, 9.17) is 9.72 Å². The number of halogens is 1. The van der Waals surface area contributed by atoms with Crippen LogP contribution in [0.15, 0.2) is 30.6 Å². The number of hydrogen-bond acceptors (Lipinski definition) is 9. The molecule has 1 fully saturated rings. The average molecular weight is 451 g/mol. The van der Waals surface area contributed by atoms with Crippen molar-refractivity contribution in [1.29, 1.82) is 0 Å². The van der Waals surface area contributed by atoms with Crippen LogP contribution < -0.4 is 15.0 Å². The van der Waals surface area contributed by atoms with Crippen LogP contribution in [0, 0.1) is 22.9 Å². The van der Waals surface area contributed by atoms with Crippen LogP contribution in [-0.4, -0.2) is 38.5 Å². The van der Waals surface area contributed by atoms with Crippen LogP contribution in [-0.2, 0) is 5.41 Å². The number of anilines is 4. The predicted octanol–water partition coefficient (Wildman–Crippen LogP) is 4.34. The molecule has 1 spiro atoms. The van der Waals surface area contributed by atoms with E-state index in [-0.39, 0.29) is 22.8 Å². The Hall–Kier alpha value is -3.89. The van der Waals surface area contributed by atoms with Gasteiger partial charge in [-0.1, -0.05) is 12.8 Å². The Morgan fingerprint density at radius 1 is 1.21 bits per heavy atom. The fourth-order valence-electron chi connectivity index (χ4n) is 4.79. The van der Waals surface area contributed by atoms with Crippen molar-refractivity contribution < 1.29 is 14.1 Å². The number of nitro groups is 1. The quantitative estimate of drug-likeness (QED) is 0.446. The highest BCUT2D eigenvalue weighted by atomic mass is 19.1. The minimum atomic E-state index is -0.989. The molecule has 11 heteroatoms. The summed E-state index contributed by atoms with van der Waals surface area (Å²) in [7, 11) is 1.35. The highest BCUT2D eigenvalue weighted by Crippen LogP contribution is 2.51. The van der Waals surface area contributed by atoms with Crippen molar-refractivity contribution in [3.63, 3.8) is 0 Å². The van der Waals surface area contributed by atoms with Crippen LogP contribution in [0.1, 0.15) is 37.1 Å². The Labute approximate surface area is 189 Å². The number of aryl methyl sites for hydroxylation is 1. The summed E-state index contributed by atoms with van der Waals surface area (Å²) in [5.74, 6) is -0.291. The van der Waals surface area contributed by atoms with E-state index in [9.17, 15) is 14.5 Å². The number of nitrogens with one attached hydrogen (secondary N) is 1. The molecule has 1 aliphatic heterocycles. The molecule has 1 aliphatic carbocycles. The van der Waals surface area contributed by atoms with E-state index in [2.05, 4.69) is 20.3 Å². The number of pyridine rings is 1. The van der Waals surface area contributed by atoms with Crippen molar-refractivity contribution in [3.8, 4) is 5.75 Å². The van der Waals surface area contributed by atoms with Crippen molar-refractivity contribution in [3.05, 3.63) is 57.9 Å². The molecule has 1 saturated carbocycles. The lowest BCUT2D eigenvalue weighted by Crippen LogP contribution is -2.30. The van der Waals surface area contributed by atoms with Crippen LogP contribution in [0.4, 0.5) is 33.3 Å². The molecule has 33 heavy (non-hydrogen) atoms. The lowest BCUT2D eigenvalue weighted by Gasteiger charge is -2.23. The molecule has 0 bridgehead atoms. The van der Waals surface area contributed by atoms with Gasteiger partial charge in [-0.15, -0.1) is 0 Å². The van der Waals surface area contributed by atoms with E-state index in [1.165, 1.54) is 13.4 Å². The molecular formula is C22H22FN7O3. The van der Waals surface area contributed by atoms with Crippen molar-refractivity contribution in [2.24, 2.45) is 0 Å². The SMILES string of the molecule is COc1cc(F)c([N+](=O)[O-])cc1Nc1ncnc(N2CC3(CCCC3)c3nc(C)ccc32)n1. The smallest absolute Gasteiger partial charge is 0.307 e. The molecule has 1 N–H and O–H groups in total. The van der Waals surface area contributed by atoms with Gasteiger partial charge in [0.25, 0.3) is 0 Å². The second kappa shape index (κ2) is 7.91. The Morgan fingerprint density at radius 3 is 2.73 bits per heavy atom. The van der Waals surface area contributed by atoms with Gasteiger partial charge in [-0.3, -0.25) is 15.1 Å². The van der Waals surface area contributed by atoms with Crippen LogP contribution in [0.3, 0.4) is 0 Å². The topological polar surface area (TPSA) is 119 Å². The number of fused-ring (bicyclic) bond motifs is 2. The zero-order valence-electron chi connectivity index (χ0n) is 18.2. The Morgan fingerprint density at radius 2 is 2.00 bits per heavy atom. The van der Waals surface area contributed by atoms with Crippen LogP contribution in [0.5, 0.6) is 5.75 Å². The molecule has 170 valence electrons. The number of hydrogen-bond donors (Lipinski definition) is 1. The number of benzene rings is 1. The number of nitro benzene ring substituents is 1. The Balaban J connectivity index is 1.50. The predicted molar refractivity (Wildman–Crippen MR) is 119 cm³/mol. The van der Waals surface area contributed by atoms with Crippen molar-refractivity contribution in [1.82, 2.24) is 19.9 Å². The standard InChI is InChI=1S/C22H22FN7O3/c1-13-5-6-16-19(26-13)22(7-3-4-8-22)11-29(16)21-25-12-24-20(28-21)27-15-10-17(30(31)32)14(23)9-18(15)33-2/h5-6,9-10,12H,3-4,7-8,11H2,1-2H3,(H,24,25,27,28). The number of ether oxygens (including phenoxy) is 1. The van der Waals surface area contributed by atoms with Crippen molar-refractivity contribution in [2.45, 2.75) is 38.0 Å². The van der Waals surface area contributed by atoms with Gasteiger partial charge in [0, 0.05) is 29.8 Å². The van der Waals surface area contributed by atoms with E-state index >= 15 is 0 Å². The van der Waals surface area contributed by atoms with Crippen LogP contribution in [0.25, 0.3) is 0 Å². The van der Waals surface area contributed by atoms with E-state index in [0.717, 1.165) is 61.4 Å². The van der Waals surface area contributed by atoms with Crippen LogP contribution >= 0.6 is 0 Å². The summed E-state index contributed by atoms with van der Waals surface area (Å²) >= 11 is 0. The summed E-state index contributed by atoms with van der Waals surface area (Å²) in [6.45, 7) is 2.72. The van der Waals surface area contributed by atoms with Gasteiger partial charge in [0.1, 0.15) is 12.1 Å². The first-order valence-electron chi connectivity index (χ1n) is 10.6. The minimum absolute atomic E-state index is 0.0115. The lowest BCUT2D eigenvalue weighted by molar-refractivity contribution is -0.387. The van der Waals surface area contributed by atoms with Gasteiger partial charge in [-0.2, -0.15) is 9.37 Å². The highest BCUT2D eigenvalue weighted by molar-refractivity contribution is 5.70. The molecule has 3 aromatic rings. The molecule has 5 rings (SSSR count). The average Bonchev–Trinajstić information content (AvgIpc) is 3.40. The van der Waals surface area contributed by atoms with E-state index < -0.39 is 16.4 Å².